The number of aryl methyl sites for hydroxylation is 2. The van der Waals surface area contributed by atoms with E-state index in [2.05, 4.69) is 118 Å². The average molecular weight is 1080 g/mol. The molecule has 0 radical (unpaired) electrons. The molecule has 0 unspecified atom stereocenters. The molecule has 77 heavy (non-hydrogen) atoms. The van der Waals surface area contributed by atoms with E-state index in [-0.39, 0.29) is 28.5 Å². The predicted octanol–water partition coefficient (Wildman–Crippen LogP) is 16.5. The van der Waals surface area contributed by atoms with Crippen LogP contribution in [0.25, 0.3) is 0 Å². The Morgan fingerprint density at radius 2 is 0.909 bits per heavy atom. The largest absolute Gasteiger partial charge is 0.323 e. The Kier molecular flexibility index (Phi) is 29.2. The zero-order valence-electron chi connectivity index (χ0n) is 46.9. The maximum absolute atomic E-state index is 13.3. The van der Waals surface area contributed by atoms with E-state index in [0.717, 1.165) is 80.2 Å². The van der Waals surface area contributed by atoms with Crippen molar-refractivity contribution >= 4 is 20.1 Å². The third-order valence-electron chi connectivity index (χ3n) is 13.2. The highest BCUT2D eigenvalue weighted by Crippen LogP contribution is 2.32. The van der Waals surface area contributed by atoms with Crippen molar-refractivity contribution in [3.05, 3.63) is 251 Å². The molecule has 0 saturated carbocycles. The standard InChI is InChI=1S/C26H32N2O2S.C15H17N.C12H18O3S.2C7H10/c1-3-4-11-20-27-25(22-12-7-5-8-13-22)26(23-14-9-6-10-15-23)28-31(29,30)24-18-16-21(2)17-19-24;1-12(13-8-4-2-5-9-13)15(16)14-10-6-3-7-11-14;1-3-4-5-10-15-16(13,14)12-8-6-11(2)7-9-12;2*1-7-5-3-2-4-6-7/h5-10,12-19,25-28H,3-4,11,20H2,1-2H3;2-12,15H,16H2,1H3;6-9H,3-5,10H2,1-2H3;2*2-3,6H,4-5H2,1H3/t25-,26-;12-,15+;;;/m00.../s1. The van der Waals surface area contributed by atoms with Crippen molar-refractivity contribution < 1.29 is 21.0 Å². The van der Waals surface area contributed by atoms with Crippen molar-refractivity contribution in [1.29, 1.82) is 0 Å². The molecule has 0 amide bonds. The average Bonchev–Trinajstić information content (AvgIpc) is 3.45. The number of benzene rings is 6. The summed E-state index contributed by atoms with van der Waals surface area (Å²) in [4.78, 5) is 0.506. The molecule has 0 bridgehead atoms. The van der Waals surface area contributed by atoms with Crippen LogP contribution in [0.3, 0.4) is 0 Å². The minimum absolute atomic E-state index is 0.0589. The maximum Gasteiger partial charge on any atom is 0.296 e. The molecule has 0 fully saturated rings. The van der Waals surface area contributed by atoms with Crippen molar-refractivity contribution in [1.82, 2.24) is 10.0 Å². The lowest BCUT2D eigenvalue weighted by atomic mass is 9.89. The fourth-order valence-electron chi connectivity index (χ4n) is 8.32. The number of sulfonamides is 1. The molecule has 0 aromatic heterocycles. The molecular formula is C67H87N3O5S2. The van der Waals surface area contributed by atoms with E-state index in [9.17, 15) is 16.8 Å². The number of hydrogen-bond acceptors (Lipinski definition) is 7. The fraction of sp³-hybridized carbons (Fsp3) is 0.343. The van der Waals surface area contributed by atoms with Gasteiger partial charge < -0.3 is 11.1 Å². The van der Waals surface area contributed by atoms with Crippen molar-refractivity contribution in [2.75, 3.05) is 13.2 Å². The lowest BCUT2D eigenvalue weighted by molar-refractivity contribution is 0.308. The molecule has 412 valence electrons. The number of unbranched alkanes of at least 4 members (excludes halogenated alkanes) is 4. The molecule has 6 aromatic rings. The summed E-state index contributed by atoms with van der Waals surface area (Å²) >= 11 is 0. The van der Waals surface area contributed by atoms with Crippen molar-refractivity contribution in [3.63, 3.8) is 0 Å². The molecule has 8 nitrogen and oxygen atoms in total. The first-order valence-electron chi connectivity index (χ1n) is 27.5. The summed E-state index contributed by atoms with van der Waals surface area (Å²) in [6, 6.07) is 53.6. The smallest absolute Gasteiger partial charge is 0.296 e. The zero-order valence-corrected chi connectivity index (χ0v) is 48.5. The Bertz CT molecular complexity index is 2820. The van der Waals surface area contributed by atoms with Gasteiger partial charge in [0.05, 0.1) is 28.5 Å². The van der Waals surface area contributed by atoms with Gasteiger partial charge in [-0.3, -0.25) is 4.18 Å². The fourth-order valence-corrected chi connectivity index (χ4v) is 10.5. The highest BCUT2D eigenvalue weighted by Gasteiger charge is 2.29. The Morgan fingerprint density at radius 3 is 1.32 bits per heavy atom. The SMILES string of the molecule is CC1=CCC=CC1.CC1=CCC=CC1.CCCCCN[C@@H](c1ccccc1)[C@@H](NS(=O)(=O)c1ccc(C)cc1)c1ccccc1.CCCCCOS(=O)(=O)c1ccc(C)cc1.C[C@@H](c1ccccc1)[C@@H](N)c1ccccc1. The van der Waals surface area contributed by atoms with Crippen LogP contribution in [0.5, 0.6) is 0 Å². The third kappa shape index (κ3) is 24.1. The molecule has 8 rings (SSSR count). The number of rotatable bonds is 20. The van der Waals surface area contributed by atoms with Crippen LogP contribution in [0.1, 0.15) is 156 Å². The molecular weight excluding hydrogens is 991 g/mol. The Labute approximate surface area is 464 Å². The molecule has 0 aliphatic heterocycles. The minimum Gasteiger partial charge on any atom is -0.323 e. The van der Waals surface area contributed by atoms with Gasteiger partial charge in [0, 0.05) is 12.0 Å². The van der Waals surface area contributed by atoms with Gasteiger partial charge in [0.1, 0.15) is 0 Å². The minimum atomic E-state index is -3.70. The number of allylic oxidation sites excluding steroid dienone is 8. The summed E-state index contributed by atoms with van der Waals surface area (Å²) in [5.74, 6) is 0.337. The highest BCUT2D eigenvalue weighted by molar-refractivity contribution is 7.89. The van der Waals surface area contributed by atoms with Crippen LogP contribution in [-0.4, -0.2) is 30.0 Å². The third-order valence-corrected chi connectivity index (χ3v) is 16.0. The summed E-state index contributed by atoms with van der Waals surface area (Å²) in [5, 5.41) is 3.63. The van der Waals surface area contributed by atoms with Crippen LogP contribution >= 0.6 is 0 Å². The van der Waals surface area contributed by atoms with E-state index in [4.69, 9.17) is 9.92 Å². The molecule has 4 N–H and O–H groups in total. The van der Waals surface area contributed by atoms with E-state index >= 15 is 0 Å². The first kappa shape index (κ1) is 63.6. The van der Waals surface area contributed by atoms with E-state index in [0.29, 0.717) is 5.92 Å². The van der Waals surface area contributed by atoms with Crippen LogP contribution in [-0.2, 0) is 24.3 Å². The predicted molar refractivity (Wildman–Crippen MR) is 324 cm³/mol. The summed E-state index contributed by atoms with van der Waals surface area (Å²) in [7, 11) is -7.26. The van der Waals surface area contributed by atoms with Crippen LogP contribution < -0.4 is 15.8 Å². The van der Waals surface area contributed by atoms with E-state index in [1.54, 1.807) is 36.4 Å². The van der Waals surface area contributed by atoms with Gasteiger partial charge >= 0.3 is 0 Å². The van der Waals surface area contributed by atoms with Gasteiger partial charge in [-0.05, 0) is 119 Å². The monoisotopic (exact) mass is 1080 g/mol. The topological polar surface area (TPSA) is 128 Å². The summed E-state index contributed by atoms with van der Waals surface area (Å²) in [5.41, 5.74) is 15.8. The highest BCUT2D eigenvalue weighted by atomic mass is 32.2. The van der Waals surface area contributed by atoms with E-state index in [1.165, 1.54) is 35.1 Å². The van der Waals surface area contributed by atoms with Crippen LogP contribution in [0.15, 0.2) is 227 Å². The molecule has 0 spiro atoms. The molecule has 4 atom stereocenters. The van der Waals surface area contributed by atoms with Gasteiger partial charge in [0.15, 0.2) is 0 Å². The molecule has 0 heterocycles. The summed E-state index contributed by atoms with van der Waals surface area (Å²) < 4.78 is 57.9. The Hall–Kier alpha value is -5.98. The van der Waals surface area contributed by atoms with Crippen LogP contribution in [0.2, 0.25) is 0 Å². The lowest BCUT2D eigenvalue weighted by Gasteiger charge is -2.30. The maximum atomic E-state index is 13.3. The molecule has 10 heteroatoms. The van der Waals surface area contributed by atoms with Crippen molar-refractivity contribution in [2.24, 2.45) is 5.73 Å². The van der Waals surface area contributed by atoms with Crippen LogP contribution in [0, 0.1) is 13.8 Å². The van der Waals surface area contributed by atoms with E-state index < -0.39 is 26.2 Å². The molecule has 2 aliphatic carbocycles. The Balaban J connectivity index is 0.000000233. The van der Waals surface area contributed by atoms with Gasteiger partial charge in [-0.2, -0.15) is 8.42 Å². The number of nitrogens with one attached hydrogen (secondary N) is 2. The van der Waals surface area contributed by atoms with Gasteiger partial charge in [-0.25, -0.2) is 13.1 Å². The van der Waals surface area contributed by atoms with Crippen LogP contribution in [0.4, 0.5) is 0 Å². The first-order valence-corrected chi connectivity index (χ1v) is 30.4. The first-order chi connectivity index (χ1) is 37.1. The number of hydrogen-bond donors (Lipinski definition) is 3. The second kappa shape index (κ2) is 35.4. The van der Waals surface area contributed by atoms with Gasteiger partial charge in [0.25, 0.3) is 10.1 Å². The molecule has 6 aromatic carbocycles. The number of nitrogens with two attached hydrogens (primary N) is 1. The quantitative estimate of drug-likeness (QED) is 0.0395. The normalized spacial score (nSPS) is 14.4. The second-order valence-corrected chi connectivity index (χ2v) is 23.1. The van der Waals surface area contributed by atoms with Gasteiger partial charge in [-0.15, -0.1) is 0 Å². The van der Waals surface area contributed by atoms with Crippen molar-refractivity contribution in [2.45, 2.75) is 147 Å². The summed E-state index contributed by atoms with van der Waals surface area (Å²) in [6.45, 7) is 15.7. The lowest BCUT2D eigenvalue weighted by Crippen LogP contribution is -2.39. The van der Waals surface area contributed by atoms with Crippen molar-refractivity contribution in [3.8, 4) is 0 Å². The Morgan fingerprint density at radius 1 is 0.494 bits per heavy atom. The summed E-state index contributed by atoms with van der Waals surface area (Å²) in [6.07, 6.45) is 24.1. The molecule has 2 aliphatic rings. The molecule has 0 saturated heterocycles. The van der Waals surface area contributed by atoms with Gasteiger partial charge in [-0.1, -0.05) is 251 Å². The zero-order chi connectivity index (χ0) is 55.7. The van der Waals surface area contributed by atoms with Gasteiger partial charge in [0.2, 0.25) is 10.0 Å². The second-order valence-electron chi connectivity index (χ2n) is 19.7. The van der Waals surface area contributed by atoms with E-state index in [1.807, 2.05) is 111 Å².